The third-order valence-corrected chi connectivity index (χ3v) is 5.99. The highest BCUT2D eigenvalue weighted by Crippen LogP contribution is 2.20. The molecule has 2 aromatic carbocycles. The number of para-hydroxylation sites is 1. The van der Waals surface area contributed by atoms with Crippen molar-refractivity contribution >= 4 is 28.9 Å². The lowest BCUT2D eigenvalue weighted by atomic mass is 10.2. The maximum atomic E-state index is 13.4. The SMILES string of the molecule is COc1cccc(-n2c(=O)c3ccccc3n3c(=S)n(C[NH+]4CCCC4)nc23)c1. The van der Waals surface area contributed by atoms with Crippen molar-refractivity contribution in [3.05, 3.63) is 63.7 Å². The van der Waals surface area contributed by atoms with Crippen LogP contribution in [-0.2, 0) is 6.67 Å². The molecule has 1 aliphatic heterocycles. The molecule has 5 rings (SSSR count). The summed E-state index contributed by atoms with van der Waals surface area (Å²) in [5.74, 6) is 1.20. The average molecular weight is 409 g/mol. The van der Waals surface area contributed by atoms with Gasteiger partial charge in [0.25, 0.3) is 5.56 Å². The summed E-state index contributed by atoms with van der Waals surface area (Å²) in [4.78, 5) is 14.9. The van der Waals surface area contributed by atoms with Crippen LogP contribution in [0.5, 0.6) is 5.75 Å². The number of nitrogens with zero attached hydrogens (tertiary/aromatic N) is 4. The van der Waals surface area contributed by atoms with Gasteiger partial charge < -0.3 is 9.64 Å². The Morgan fingerprint density at radius 2 is 1.93 bits per heavy atom. The molecule has 1 N–H and O–H groups in total. The van der Waals surface area contributed by atoms with E-state index in [4.69, 9.17) is 22.1 Å². The zero-order valence-corrected chi connectivity index (χ0v) is 17.0. The number of benzene rings is 2. The Labute approximate surface area is 172 Å². The van der Waals surface area contributed by atoms with Crippen molar-refractivity contribution in [2.24, 2.45) is 0 Å². The second-order valence-electron chi connectivity index (χ2n) is 7.39. The number of likely N-dealkylation sites (tertiary alicyclic amines) is 1. The van der Waals surface area contributed by atoms with Crippen molar-refractivity contribution in [3.63, 3.8) is 0 Å². The van der Waals surface area contributed by atoms with Gasteiger partial charge in [-0.25, -0.2) is 4.57 Å². The van der Waals surface area contributed by atoms with Crippen LogP contribution in [0.4, 0.5) is 0 Å². The molecular formula is C21H22N5O2S+. The number of aromatic nitrogens is 4. The van der Waals surface area contributed by atoms with Crippen LogP contribution in [0, 0.1) is 4.77 Å². The number of nitrogens with one attached hydrogen (secondary N) is 1. The van der Waals surface area contributed by atoms with Crippen LogP contribution >= 0.6 is 12.2 Å². The lowest BCUT2D eigenvalue weighted by molar-refractivity contribution is -0.911. The maximum absolute atomic E-state index is 13.4. The summed E-state index contributed by atoms with van der Waals surface area (Å²) in [6.07, 6.45) is 2.46. The first kappa shape index (κ1) is 18.1. The average Bonchev–Trinajstić information content (AvgIpc) is 3.37. The highest BCUT2D eigenvalue weighted by atomic mass is 32.1. The van der Waals surface area contributed by atoms with E-state index >= 15 is 0 Å². The Bertz CT molecular complexity index is 1330. The van der Waals surface area contributed by atoms with Gasteiger partial charge in [-0.15, -0.1) is 5.10 Å². The first-order chi connectivity index (χ1) is 14.2. The number of fused-ring (bicyclic) bond motifs is 3. The number of ether oxygens (including phenoxy) is 1. The largest absolute Gasteiger partial charge is 0.497 e. The van der Waals surface area contributed by atoms with E-state index in [9.17, 15) is 4.79 Å². The quantitative estimate of drug-likeness (QED) is 0.524. The Balaban J connectivity index is 1.84. The van der Waals surface area contributed by atoms with Crippen LogP contribution in [0.25, 0.3) is 22.4 Å². The molecule has 1 saturated heterocycles. The van der Waals surface area contributed by atoms with Crippen molar-refractivity contribution in [1.82, 2.24) is 18.7 Å². The maximum Gasteiger partial charge on any atom is 0.267 e. The number of hydrogen-bond acceptors (Lipinski definition) is 4. The van der Waals surface area contributed by atoms with E-state index in [-0.39, 0.29) is 5.56 Å². The number of methoxy groups -OCH3 is 1. The minimum Gasteiger partial charge on any atom is -0.497 e. The Hall–Kier alpha value is -2.97. The molecule has 0 radical (unpaired) electrons. The van der Waals surface area contributed by atoms with E-state index in [1.165, 1.54) is 17.7 Å². The molecule has 8 heteroatoms. The first-order valence-electron chi connectivity index (χ1n) is 9.79. The third-order valence-electron chi connectivity index (χ3n) is 5.60. The van der Waals surface area contributed by atoms with Gasteiger partial charge in [-0.05, 0) is 36.5 Å². The molecule has 4 aromatic rings. The normalized spacial score (nSPS) is 14.8. The minimum atomic E-state index is -0.123. The van der Waals surface area contributed by atoms with E-state index < -0.39 is 0 Å². The van der Waals surface area contributed by atoms with Crippen LogP contribution in [0.15, 0.2) is 53.3 Å². The molecule has 2 aromatic heterocycles. The first-order valence-corrected chi connectivity index (χ1v) is 10.2. The van der Waals surface area contributed by atoms with E-state index in [0.717, 1.165) is 18.6 Å². The smallest absolute Gasteiger partial charge is 0.267 e. The second-order valence-corrected chi connectivity index (χ2v) is 7.76. The molecule has 1 fully saturated rings. The highest BCUT2D eigenvalue weighted by molar-refractivity contribution is 7.71. The highest BCUT2D eigenvalue weighted by Gasteiger charge is 2.21. The summed E-state index contributed by atoms with van der Waals surface area (Å²) in [5.41, 5.74) is 1.35. The van der Waals surface area contributed by atoms with E-state index in [2.05, 4.69) is 0 Å². The number of quaternary nitrogens is 1. The lowest BCUT2D eigenvalue weighted by Gasteiger charge is -2.11. The zero-order valence-electron chi connectivity index (χ0n) is 16.2. The van der Waals surface area contributed by atoms with Crippen LogP contribution < -0.4 is 15.2 Å². The monoisotopic (exact) mass is 408 g/mol. The van der Waals surface area contributed by atoms with Gasteiger partial charge in [0.1, 0.15) is 5.75 Å². The summed E-state index contributed by atoms with van der Waals surface area (Å²) < 4.78 is 11.3. The topological polar surface area (TPSA) is 57.9 Å². The van der Waals surface area contributed by atoms with Gasteiger partial charge in [-0.1, -0.05) is 18.2 Å². The molecule has 148 valence electrons. The summed E-state index contributed by atoms with van der Waals surface area (Å²) in [6, 6.07) is 15.0. The molecule has 0 unspecified atom stereocenters. The summed E-state index contributed by atoms with van der Waals surface area (Å²) >= 11 is 5.80. The summed E-state index contributed by atoms with van der Waals surface area (Å²) in [6.45, 7) is 2.96. The Kier molecular flexibility index (Phi) is 4.44. The van der Waals surface area contributed by atoms with E-state index in [1.807, 2.05) is 57.6 Å². The molecule has 0 bridgehead atoms. The van der Waals surface area contributed by atoms with Gasteiger partial charge in [0, 0.05) is 18.9 Å². The predicted octanol–water partition coefficient (Wildman–Crippen LogP) is 1.81. The van der Waals surface area contributed by atoms with Crippen molar-refractivity contribution in [1.29, 1.82) is 0 Å². The fraction of sp³-hybridized carbons (Fsp3) is 0.286. The molecule has 1 aliphatic rings. The van der Waals surface area contributed by atoms with Crippen LogP contribution in [0.1, 0.15) is 12.8 Å². The third kappa shape index (κ3) is 2.95. The minimum absolute atomic E-state index is 0.123. The molecule has 29 heavy (non-hydrogen) atoms. The molecule has 0 atom stereocenters. The Morgan fingerprint density at radius 3 is 2.72 bits per heavy atom. The summed E-state index contributed by atoms with van der Waals surface area (Å²) in [7, 11) is 1.61. The van der Waals surface area contributed by atoms with Crippen molar-refractivity contribution in [3.8, 4) is 11.4 Å². The van der Waals surface area contributed by atoms with Gasteiger partial charge >= 0.3 is 0 Å². The van der Waals surface area contributed by atoms with Gasteiger partial charge in [-0.3, -0.25) is 9.20 Å². The fourth-order valence-electron chi connectivity index (χ4n) is 4.14. The molecule has 0 saturated carbocycles. The molecular weight excluding hydrogens is 386 g/mol. The van der Waals surface area contributed by atoms with Gasteiger partial charge in [-0.2, -0.15) is 4.68 Å². The summed E-state index contributed by atoms with van der Waals surface area (Å²) in [5, 5.41) is 5.40. The molecule has 0 amide bonds. The fourth-order valence-corrected chi connectivity index (χ4v) is 4.43. The van der Waals surface area contributed by atoms with Crippen molar-refractivity contribution < 1.29 is 9.64 Å². The van der Waals surface area contributed by atoms with Crippen LogP contribution in [0.3, 0.4) is 0 Å². The van der Waals surface area contributed by atoms with Crippen LogP contribution in [-0.4, -0.2) is 38.9 Å². The lowest BCUT2D eigenvalue weighted by Crippen LogP contribution is -3.09. The van der Waals surface area contributed by atoms with E-state index in [0.29, 0.717) is 34.0 Å². The van der Waals surface area contributed by atoms with Gasteiger partial charge in [0.2, 0.25) is 10.5 Å². The zero-order chi connectivity index (χ0) is 20.0. The van der Waals surface area contributed by atoms with Gasteiger partial charge in [0.05, 0.1) is 36.8 Å². The standard InChI is InChI=1S/C21H21N5O2S/c1-28-16-8-6-7-15(13-16)25-19(27)17-9-2-3-10-18(17)26-20(25)22-24(21(26)29)14-23-11-4-5-12-23/h2-3,6-10,13H,4-5,11-12,14H2,1H3/p+1. The second kappa shape index (κ2) is 7.13. The molecule has 0 aliphatic carbocycles. The van der Waals surface area contributed by atoms with Crippen LogP contribution in [0.2, 0.25) is 0 Å². The number of rotatable bonds is 4. The van der Waals surface area contributed by atoms with Crippen molar-refractivity contribution in [2.45, 2.75) is 19.5 Å². The molecule has 0 spiro atoms. The van der Waals surface area contributed by atoms with Gasteiger partial charge in [0.15, 0.2) is 6.67 Å². The Morgan fingerprint density at radius 1 is 1.14 bits per heavy atom. The molecule has 7 nitrogen and oxygen atoms in total. The number of hydrogen-bond donors (Lipinski definition) is 1. The molecule has 3 heterocycles. The van der Waals surface area contributed by atoms with E-state index in [1.54, 1.807) is 11.7 Å². The predicted molar refractivity (Wildman–Crippen MR) is 114 cm³/mol. The van der Waals surface area contributed by atoms with Crippen molar-refractivity contribution in [2.75, 3.05) is 20.2 Å².